The number of ether oxygens (including phenoxy) is 1. The van der Waals surface area contributed by atoms with Gasteiger partial charge in [0.15, 0.2) is 0 Å². The molecule has 0 bridgehead atoms. The van der Waals surface area contributed by atoms with Crippen molar-refractivity contribution < 1.29 is 17.9 Å². The van der Waals surface area contributed by atoms with Crippen molar-refractivity contribution in [3.05, 3.63) is 27.7 Å². The largest absolute Gasteiger partial charge is 0.368 e. The maximum absolute atomic E-state index is 12.8. The Morgan fingerprint density at radius 1 is 1.25 bits per heavy atom. The van der Waals surface area contributed by atoms with Crippen LogP contribution in [0.1, 0.15) is 12.8 Å². The number of piperazine rings is 1. The van der Waals surface area contributed by atoms with Crippen LogP contribution in [0, 0.1) is 0 Å². The van der Waals surface area contributed by atoms with E-state index < -0.39 is 10.0 Å². The van der Waals surface area contributed by atoms with Crippen LogP contribution in [0.15, 0.2) is 27.6 Å². The average Bonchev–Trinajstić information content (AvgIpc) is 3.08. The molecule has 3 rings (SSSR count). The molecule has 1 amide bonds. The van der Waals surface area contributed by atoms with Gasteiger partial charge in [0.25, 0.3) is 5.91 Å². The number of halogens is 2. The number of benzene rings is 1. The minimum Gasteiger partial charge on any atom is -0.368 e. The van der Waals surface area contributed by atoms with Crippen LogP contribution >= 0.6 is 27.5 Å². The molecule has 24 heavy (non-hydrogen) atoms. The average molecular weight is 438 g/mol. The number of hydrogen-bond donors (Lipinski definition) is 0. The van der Waals surface area contributed by atoms with Crippen LogP contribution in [0.5, 0.6) is 0 Å². The fraction of sp³-hybridized carbons (Fsp3) is 0.533. The number of sulfonamides is 1. The van der Waals surface area contributed by atoms with Crippen molar-refractivity contribution in [3.63, 3.8) is 0 Å². The number of carbonyl (C=O) groups is 1. The van der Waals surface area contributed by atoms with Gasteiger partial charge in [-0.3, -0.25) is 4.79 Å². The molecule has 1 unspecified atom stereocenters. The summed E-state index contributed by atoms with van der Waals surface area (Å²) in [5.74, 6) is -0.0359. The van der Waals surface area contributed by atoms with Crippen molar-refractivity contribution in [3.8, 4) is 0 Å². The van der Waals surface area contributed by atoms with Gasteiger partial charge < -0.3 is 9.64 Å². The standard InChI is InChI=1S/C15H18BrClN2O4S/c16-11-3-4-14(12(17)10-11)24(21,22)19-7-5-18(6-8-19)15(20)13-2-1-9-23-13/h3-4,10,13H,1-2,5-9H2. The fourth-order valence-corrected chi connectivity index (χ4v) is 5.38. The van der Waals surface area contributed by atoms with E-state index in [0.717, 1.165) is 17.3 Å². The Morgan fingerprint density at radius 2 is 1.96 bits per heavy atom. The topological polar surface area (TPSA) is 66.9 Å². The van der Waals surface area contributed by atoms with E-state index in [1.54, 1.807) is 17.0 Å². The van der Waals surface area contributed by atoms with Gasteiger partial charge in [0.1, 0.15) is 11.0 Å². The van der Waals surface area contributed by atoms with Crippen LogP contribution in [0.3, 0.4) is 0 Å². The highest BCUT2D eigenvalue weighted by molar-refractivity contribution is 9.10. The summed E-state index contributed by atoms with van der Waals surface area (Å²) in [5.41, 5.74) is 0. The number of amides is 1. The van der Waals surface area contributed by atoms with Crippen LogP contribution in [-0.2, 0) is 19.6 Å². The van der Waals surface area contributed by atoms with E-state index in [1.165, 1.54) is 10.4 Å². The lowest BCUT2D eigenvalue weighted by Crippen LogP contribution is -2.52. The Bertz CT molecular complexity index is 729. The number of rotatable bonds is 3. The molecule has 0 aromatic heterocycles. The first-order valence-corrected chi connectivity index (χ1v) is 10.4. The van der Waals surface area contributed by atoms with Crippen molar-refractivity contribution in [2.24, 2.45) is 0 Å². The molecule has 0 spiro atoms. The lowest BCUT2D eigenvalue weighted by atomic mass is 10.2. The minimum atomic E-state index is -3.67. The maximum atomic E-state index is 12.8. The van der Waals surface area contributed by atoms with Gasteiger partial charge in [-0.1, -0.05) is 27.5 Å². The highest BCUT2D eigenvalue weighted by Gasteiger charge is 2.34. The smallest absolute Gasteiger partial charge is 0.251 e. The quantitative estimate of drug-likeness (QED) is 0.726. The van der Waals surface area contributed by atoms with Crippen molar-refractivity contribution in [1.82, 2.24) is 9.21 Å². The summed E-state index contributed by atoms with van der Waals surface area (Å²) in [4.78, 5) is 14.1. The first-order chi connectivity index (χ1) is 11.4. The molecule has 1 aromatic rings. The Morgan fingerprint density at radius 3 is 2.54 bits per heavy atom. The van der Waals surface area contributed by atoms with E-state index in [2.05, 4.69) is 15.9 Å². The molecule has 1 atom stereocenters. The van der Waals surface area contributed by atoms with Gasteiger partial charge >= 0.3 is 0 Å². The third kappa shape index (κ3) is 3.62. The van der Waals surface area contributed by atoms with Gasteiger partial charge in [0, 0.05) is 37.3 Å². The SMILES string of the molecule is O=C(C1CCCO1)N1CCN(S(=O)(=O)c2ccc(Br)cc2Cl)CC1. The second-order valence-corrected chi connectivity index (χ2v) is 9.04. The Hall–Kier alpha value is -0.670. The maximum Gasteiger partial charge on any atom is 0.251 e. The molecule has 2 aliphatic rings. The van der Waals surface area contributed by atoms with Crippen LogP contribution < -0.4 is 0 Å². The Kier molecular flexibility index (Phi) is 5.51. The monoisotopic (exact) mass is 436 g/mol. The molecule has 0 radical (unpaired) electrons. The zero-order valence-corrected chi connectivity index (χ0v) is 16.1. The first-order valence-electron chi connectivity index (χ1n) is 7.75. The van der Waals surface area contributed by atoms with Gasteiger partial charge in [0.05, 0.1) is 5.02 Å². The lowest BCUT2D eigenvalue weighted by Gasteiger charge is -2.35. The Labute approximate surface area is 154 Å². The molecule has 2 fully saturated rings. The van der Waals surface area contributed by atoms with Crippen LogP contribution in [0.2, 0.25) is 5.02 Å². The summed E-state index contributed by atoms with van der Waals surface area (Å²) in [6.45, 7) is 1.87. The van der Waals surface area contributed by atoms with E-state index in [-0.39, 0.29) is 35.0 Å². The van der Waals surface area contributed by atoms with Gasteiger partial charge in [-0.2, -0.15) is 4.31 Å². The zero-order chi connectivity index (χ0) is 17.3. The van der Waals surface area contributed by atoms with E-state index in [9.17, 15) is 13.2 Å². The Balaban J connectivity index is 1.68. The predicted molar refractivity (Wildman–Crippen MR) is 93.5 cm³/mol. The number of nitrogens with zero attached hydrogens (tertiary/aromatic N) is 2. The summed E-state index contributed by atoms with van der Waals surface area (Å²) >= 11 is 9.35. The van der Waals surface area contributed by atoms with Crippen molar-refractivity contribution in [2.75, 3.05) is 32.8 Å². The lowest BCUT2D eigenvalue weighted by molar-refractivity contribution is -0.142. The normalized spacial score (nSPS) is 22.8. The molecule has 1 aromatic carbocycles. The van der Waals surface area contributed by atoms with Crippen LogP contribution in [0.4, 0.5) is 0 Å². The molecule has 0 aliphatic carbocycles. The van der Waals surface area contributed by atoms with Crippen LogP contribution in [-0.4, -0.2) is 62.4 Å². The molecule has 0 saturated carbocycles. The second-order valence-electron chi connectivity index (χ2n) is 5.81. The van der Waals surface area contributed by atoms with E-state index in [1.807, 2.05) is 0 Å². The van der Waals surface area contributed by atoms with Gasteiger partial charge in [-0.05, 0) is 31.0 Å². The number of hydrogen-bond acceptors (Lipinski definition) is 4. The van der Waals surface area contributed by atoms with Crippen molar-refractivity contribution in [2.45, 2.75) is 23.8 Å². The summed E-state index contributed by atoms with van der Waals surface area (Å²) in [5, 5.41) is 0.183. The molecule has 9 heteroatoms. The predicted octanol–water partition coefficient (Wildman–Crippen LogP) is 2.11. The highest BCUT2D eigenvalue weighted by Crippen LogP contribution is 2.28. The van der Waals surface area contributed by atoms with E-state index >= 15 is 0 Å². The molecular weight excluding hydrogens is 420 g/mol. The number of carbonyl (C=O) groups excluding carboxylic acids is 1. The van der Waals surface area contributed by atoms with E-state index in [0.29, 0.717) is 19.7 Å². The molecule has 0 N–H and O–H groups in total. The third-order valence-corrected chi connectivity index (χ3v) is 7.14. The first kappa shape index (κ1) is 18.1. The molecular formula is C15H18BrClN2O4S. The second kappa shape index (κ2) is 7.29. The summed E-state index contributed by atoms with van der Waals surface area (Å²) < 4.78 is 33.0. The van der Waals surface area contributed by atoms with Crippen LogP contribution in [0.25, 0.3) is 0 Å². The fourth-order valence-electron chi connectivity index (χ4n) is 2.95. The molecule has 2 aliphatic heterocycles. The molecule has 2 heterocycles. The zero-order valence-electron chi connectivity index (χ0n) is 13.0. The highest BCUT2D eigenvalue weighted by atomic mass is 79.9. The minimum absolute atomic E-state index is 0.0359. The summed E-state index contributed by atoms with van der Waals surface area (Å²) in [7, 11) is -3.67. The summed E-state index contributed by atoms with van der Waals surface area (Å²) in [6, 6.07) is 4.70. The molecule has 6 nitrogen and oxygen atoms in total. The third-order valence-electron chi connectivity index (χ3n) is 4.27. The van der Waals surface area contributed by atoms with E-state index in [4.69, 9.17) is 16.3 Å². The summed E-state index contributed by atoms with van der Waals surface area (Å²) in [6.07, 6.45) is 1.27. The molecule has 132 valence electrons. The molecule has 2 saturated heterocycles. The van der Waals surface area contributed by atoms with Crippen molar-refractivity contribution >= 4 is 43.5 Å². The van der Waals surface area contributed by atoms with Gasteiger partial charge in [-0.15, -0.1) is 0 Å². The van der Waals surface area contributed by atoms with Gasteiger partial charge in [-0.25, -0.2) is 8.42 Å². The van der Waals surface area contributed by atoms with Gasteiger partial charge in [0.2, 0.25) is 10.0 Å². The van der Waals surface area contributed by atoms with Crippen molar-refractivity contribution in [1.29, 1.82) is 0 Å².